The van der Waals surface area contributed by atoms with Crippen LogP contribution in [0, 0.1) is 11.3 Å². The van der Waals surface area contributed by atoms with Gasteiger partial charge in [0.2, 0.25) is 11.0 Å². The Balaban J connectivity index is 1.54. The van der Waals surface area contributed by atoms with Crippen molar-refractivity contribution in [2.24, 2.45) is 0 Å². The zero-order valence-electron chi connectivity index (χ0n) is 15.7. The molecule has 0 saturated heterocycles. The topological polar surface area (TPSA) is 99.9 Å². The van der Waals surface area contributed by atoms with E-state index in [9.17, 15) is 10.1 Å². The normalized spacial score (nSPS) is 15.4. The van der Waals surface area contributed by atoms with Crippen molar-refractivity contribution >= 4 is 39.8 Å². The number of amides is 1. The van der Waals surface area contributed by atoms with Crippen LogP contribution in [0.25, 0.3) is 0 Å². The first-order valence-electron chi connectivity index (χ1n) is 9.31. The summed E-state index contributed by atoms with van der Waals surface area (Å²) in [5.41, 5.74) is 0.121. The van der Waals surface area contributed by atoms with Crippen molar-refractivity contribution in [1.29, 1.82) is 5.26 Å². The summed E-state index contributed by atoms with van der Waals surface area (Å²) in [4.78, 5) is 12.3. The predicted molar refractivity (Wildman–Crippen MR) is 111 cm³/mol. The molecule has 7 nitrogen and oxygen atoms in total. The predicted octanol–water partition coefficient (Wildman–Crippen LogP) is 4.12. The summed E-state index contributed by atoms with van der Waals surface area (Å²) in [5.74, 6) is 0.830. The van der Waals surface area contributed by atoms with E-state index in [0.717, 1.165) is 43.5 Å². The molecule has 1 saturated carbocycles. The lowest BCUT2D eigenvalue weighted by atomic mass is 9.83. The molecule has 1 amide bonds. The van der Waals surface area contributed by atoms with E-state index < -0.39 is 5.54 Å². The van der Waals surface area contributed by atoms with Crippen molar-refractivity contribution < 1.29 is 9.53 Å². The second-order valence-corrected chi connectivity index (χ2v) is 8.72. The van der Waals surface area contributed by atoms with E-state index in [-0.39, 0.29) is 11.7 Å². The quantitative estimate of drug-likeness (QED) is 0.623. The Morgan fingerprint density at radius 3 is 2.86 bits per heavy atom. The average Bonchev–Trinajstić information content (AvgIpc) is 3.16. The second-order valence-electron chi connectivity index (χ2n) is 6.52. The number of hydrogen-bond donors (Lipinski definition) is 2. The fraction of sp³-hybridized carbons (Fsp3) is 0.474. The van der Waals surface area contributed by atoms with Crippen LogP contribution >= 0.6 is 23.1 Å². The van der Waals surface area contributed by atoms with Gasteiger partial charge in [0.25, 0.3) is 0 Å². The number of para-hydroxylation sites is 2. The van der Waals surface area contributed by atoms with Crippen molar-refractivity contribution in [3.63, 3.8) is 0 Å². The number of carbonyl (C=O) groups excluding carboxylic acids is 1. The number of thioether (sulfide) groups is 1. The molecule has 2 aromatic rings. The average molecular weight is 418 g/mol. The number of nitriles is 1. The number of nitrogens with zero attached hydrogens (tertiary/aromatic N) is 3. The van der Waals surface area contributed by atoms with Gasteiger partial charge < -0.3 is 15.4 Å². The molecule has 1 fully saturated rings. The third kappa shape index (κ3) is 5.36. The van der Waals surface area contributed by atoms with Crippen LogP contribution in [0.2, 0.25) is 0 Å². The van der Waals surface area contributed by atoms with Crippen molar-refractivity contribution in [2.45, 2.75) is 48.9 Å². The first kappa shape index (κ1) is 20.4. The minimum absolute atomic E-state index is 0.139. The molecule has 9 heteroatoms. The van der Waals surface area contributed by atoms with Gasteiger partial charge in [-0.05, 0) is 31.9 Å². The van der Waals surface area contributed by atoms with Crippen LogP contribution < -0.4 is 15.4 Å². The maximum atomic E-state index is 12.3. The third-order valence-corrected chi connectivity index (χ3v) is 6.43. The lowest BCUT2D eigenvalue weighted by molar-refractivity contribution is -0.120. The van der Waals surface area contributed by atoms with Crippen LogP contribution in [0.15, 0.2) is 28.6 Å². The highest BCUT2D eigenvalue weighted by Gasteiger charge is 2.33. The first-order valence-corrected chi connectivity index (χ1v) is 11.1. The summed E-state index contributed by atoms with van der Waals surface area (Å²) < 4.78 is 6.29. The van der Waals surface area contributed by atoms with Crippen LogP contribution in [0.3, 0.4) is 0 Å². The molecule has 0 atom stereocenters. The van der Waals surface area contributed by atoms with Crippen LogP contribution in [-0.2, 0) is 4.79 Å². The minimum Gasteiger partial charge on any atom is -0.492 e. The lowest BCUT2D eigenvalue weighted by Gasteiger charge is -2.31. The molecule has 1 aromatic carbocycles. The Hall–Kier alpha value is -2.31. The van der Waals surface area contributed by atoms with E-state index >= 15 is 0 Å². The van der Waals surface area contributed by atoms with Crippen LogP contribution in [0.5, 0.6) is 5.75 Å². The number of nitrogens with one attached hydrogen (secondary N) is 2. The van der Waals surface area contributed by atoms with E-state index in [1.165, 1.54) is 23.1 Å². The van der Waals surface area contributed by atoms with Crippen molar-refractivity contribution in [2.75, 3.05) is 17.7 Å². The Bertz CT molecular complexity index is 843. The van der Waals surface area contributed by atoms with Gasteiger partial charge in [0.1, 0.15) is 11.3 Å². The summed E-state index contributed by atoms with van der Waals surface area (Å²) in [6.07, 6.45) is 4.55. The molecule has 1 aliphatic carbocycles. The monoisotopic (exact) mass is 417 g/mol. The number of anilines is 2. The summed E-state index contributed by atoms with van der Waals surface area (Å²) in [6, 6.07) is 9.94. The molecule has 2 N–H and O–H groups in total. The Morgan fingerprint density at radius 1 is 1.32 bits per heavy atom. The van der Waals surface area contributed by atoms with Gasteiger partial charge in [-0.3, -0.25) is 4.79 Å². The van der Waals surface area contributed by atoms with Gasteiger partial charge in [0, 0.05) is 0 Å². The number of carbonyl (C=O) groups is 1. The van der Waals surface area contributed by atoms with Crippen molar-refractivity contribution in [1.82, 2.24) is 15.5 Å². The maximum Gasteiger partial charge on any atom is 0.231 e. The van der Waals surface area contributed by atoms with Gasteiger partial charge in [-0.25, -0.2) is 0 Å². The smallest absolute Gasteiger partial charge is 0.231 e. The number of benzene rings is 1. The lowest BCUT2D eigenvalue weighted by Crippen LogP contribution is -2.49. The van der Waals surface area contributed by atoms with Gasteiger partial charge in [0.15, 0.2) is 4.34 Å². The van der Waals surface area contributed by atoms with Crippen LogP contribution in [0.4, 0.5) is 10.8 Å². The molecule has 1 aliphatic rings. The molecule has 1 aromatic heterocycles. The molecule has 0 bridgehead atoms. The Kier molecular flexibility index (Phi) is 7.12. The molecular formula is C19H23N5O2S2. The number of ether oxygens (including phenoxy) is 1. The highest BCUT2D eigenvalue weighted by molar-refractivity contribution is 8.01. The summed E-state index contributed by atoms with van der Waals surface area (Å²) in [7, 11) is 0. The van der Waals surface area contributed by atoms with Crippen molar-refractivity contribution in [3.05, 3.63) is 24.3 Å². The maximum absolute atomic E-state index is 12.3. The standard InChI is InChI=1S/C19H23N5O2S2/c1-2-26-15-9-5-4-8-14(15)21-17-23-24-18(28-17)27-12-16(25)22-19(13-20)10-6-3-7-11-19/h4-5,8-9H,2-3,6-7,10-12H2,1H3,(H,21,23)(H,22,25). The van der Waals surface area contributed by atoms with Gasteiger partial charge in [-0.1, -0.05) is 54.5 Å². The largest absolute Gasteiger partial charge is 0.492 e. The Morgan fingerprint density at radius 2 is 2.11 bits per heavy atom. The van der Waals surface area contributed by atoms with Gasteiger partial charge in [-0.2, -0.15) is 5.26 Å². The number of hydrogen-bond acceptors (Lipinski definition) is 8. The molecule has 0 radical (unpaired) electrons. The van der Waals surface area contributed by atoms with Gasteiger partial charge >= 0.3 is 0 Å². The molecule has 1 heterocycles. The highest BCUT2D eigenvalue weighted by Crippen LogP contribution is 2.32. The summed E-state index contributed by atoms with van der Waals surface area (Å²) >= 11 is 2.70. The van der Waals surface area contributed by atoms with E-state index in [1.54, 1.807) is 0 Å². The van der Waals surface area contributed by atoms with E-state index in [0.29, 0.717) is 16.1 Å². The molecule has 0 spiro atoms. The summed E-state index contributed by atoms with van der Waals surface area (Å²) in [5, 5.41) is 24.5. The molecule has 148 valence electrons. The van der Waals surface area contributed by atoms with Gasteiger partial charge in [0.05, 0.1) is 24.1 Å². The van der Waals surface area contributed by atoms with E-state index in [2.05, 4.69) is 26.9 Å². The van der Waals surface area contributed by atoms with E-state index in [4.69, 9.17) is 4.74 Å². The zero-order valence-corrected chi connectivity index (χ0v) is 17.4. The first-order chi connectivity index (χ1) is 13.6. The molecule has 0 aliphatic heterocycles. The number of rotatable bonds is 8. The minimum atomic E-state index is -0.702. The number of aromatic nitrogens is 2. The molecule has 0 unspecified atom stereocenters. The molecule has 28 heavy (non-hydrogen) atoms. The summed E-state index contributed by atoms with van der Waals surface area (Å²) in [6.45, 7) is 2.51. The second kappa shape index (κ2) is 9.75. The Labute approximate surface area is 172 Å². The zero-order chi connectivity index (χ0) is 19.8. The fourth-order valence-corrected chi connectivity index (χ4v) is 4.70. The SMILES string of the molecule is CCOc1ccccc1Nc1nnc(SCC(=O)NC2(C#N)CCCCC2)s1. The van der Waals surface area contributed by atoms with Crippen molar-refractivity contribution in [3.8, 4) is 11.8 Å². The fourth-order valence-electron chi connectivity index (χ4n) is 3.14. The highest BCUT2D eigenvalue weighted by atomic mass is 32.2. The van der Waals surface area contributed by atoms with Crippen LogP contribution in [-0.4, -0.2) is 34.0 Å². The van der Waals surface area contributed by atoms with Gasteiger partial charge in [-0.15, -0.1) is 10.2 Å². The molecular weight excluding hydrogens is 394 g/mol. The van der Waals surface area contributed by atoms with E-state index in [1.807, 2.05) is 31.2 Å². The third-order valence-electron chi connectivity index (χ3n) is 4.46. The molecule has 3 rings (SSSR count). The van der Waals surface area contributed by atoms with Crippen LogP contribution in [0.1, 0.15) is 39.0 Å².